The van der Waals surface area contributed by atoms with Crippen LogP contribution in [0.1, 0.15) is 18.0 Å². The van der Waals surface area contributed by atoms with Gasteiger partial charge in [0.1, 0.15) is 12.4 Å². The molecule has 1 aromatic carbocycles. The van der Waals surface area contributed by atoms with E-state index in [0.29, 0.717) is 11.3 Å². The summed E-state index contributed by atoms with van der Waals surface area (Å²) in [5.41, 5.74) is 0.702. The molecule has 0 aromatic heterocycles. The lowest BCUT2D eigenvalue weighted by molar-refractivity contribution is -0.137. The number of carbonyl (C=O) groups is 2. The number of methoxy groups -OCH3 is 2. The van der Waals surface area contributed by atoms with E-state index in [9.17, 15) is 9.59 Å². The van der Waals surface area contributed by atoms with E-state index in [4.69, 9.17) is 14.6 Å². The Kier molecular flexibility index (Phi) is 5.81. The number of ether oxygens (including phenoxy) is 2. The Bertz CT molecular complexity index is 429. The molecule has 1 atom stereocenters. The van der Waals surface area contributed by atoms with Crippen LogP contribution in [0.4, 0.5) is 0 Å². The second kappa shape index (κ2) is 7.38. The van der Waals surface area contributed by atoms with Gasteiger partial charge >= 0.3 is 5.97 Å². The first-order chi connectivity index (χ1) is 9.06. The minimum absolute atomic E-state index is 0.105. The van der Waals surface area contributed by atoms with Gasteiger partial charge in [0.05, 0.1) is 19.6 Å². The van der Waals surface area contributed by atoms with E-state index in [-0.39, 0.29) is 18.9 Å². The Hall–Kier alpha value is -2.08. The first-order valence-corrected chi connectivity index (χ1v) is 5.71. The summed E-state index contributed by atoms with van der Waals surface area (Å²) in [4.78, 5) is 22.3. The van der Waals surface area contributed by atoms with Crippen LogP contribution in [0.2, 0.25) is 0 Å². The van der Waals surface area contributed by atoms with Gasteiger partial charge in [0, 0.05) is 7.11 Å². The molecule has 0 aliphatic rings. The standard InChI is InChI=1S/C13H17NO5/c1-18-8-12(15)14-11(7-13(16)17)9-3-5-10(19-2)6-4-9/h3-6,11H,7-8H2,1-2H3,(H,14,15)(H,16,17). The normalized spacial score (nSPS) is 11.7. The van der Waals surface area contributed by atoms with Gasteiger partial charge in [-0.2, -0.15) is 0 Å². The van der Waals surface area contributed by atoms with Crippen LogP contribution in [-0.4, -0.2) is 37.8 Å². The molecular formula is C13H17NO5. The highest BCUT2D eigenvalue weighted by Gasteiger charge is 2.17. The SMILES string of the molecule is COCC(=O)NC(CC(=O)O)c1ccc(OC)cc1. The number of amides is 1. The third-order valence-electron chi connectivity index (χ3n) is 2.51. The molecule has 0 saturated carbocycles. The number of carbonyl (C=O) groups excluding carboxylic acids is 1. The summed E-state index contributed by atoms with van der Waals surface area (Å²) in [5, 5.41) is 11.5. The molecule has 19 heavy (non-hydrogen) atoms. The lowest BCUT2D eigenvalue weighted by atomic mass is 10.0. The third-order valence-corrected chi connectivity index (χ3v) is 2.51. The van der Waals surface area contributed by atoms with Crippen molar-refractivity contribution in [2.45, 2.75) is 12.5 Å². The van der Waals surface area contributed by atoms with Crippen molar-refractivity contribution >= 4 is 11.9 Å². The highest BCUT2D eigenvalue weighted by Crippen LogP contribution is 2.20. The molecule has 104 valence electrons. The van der Waals surface area contributed by atoms with Gasteiger partial charge in [0.15, 0.2) is 0 Å². The van der Waals surface area contributed by atoms with E-state index in [1.165, 1.54) is 7.11 Å². The van der Waals surface area contributed by atoms with Gasteiger partial charge in [-0.15, -0.1) is 0 Å². The molecule has 0 fully saturated rings. The zero-order chi connectivity index (χ0) is 14.3. The fraction of sp³-hybridized carbons (Fsp3) is 0.385. The van der Waals surface area contributed by atoms with Crippen LogP contribution in [0.3, 0.4) is 0 Å². The van der Waals surface area contributed by atoms with Gasteiger partial charge in [-0.05, 0) is 17.7 Å². The summed E-state index contributed by atoms with van der Waals surface area (Å²) in [6.07, 6.45) is -0.193. The van der Waals surface area contributed by atoms with Crippen LogP contribution >= 0.6 is 0 Å². The molecular weight excluding hydrogens is 250 g/mol. The summed E-state index contributed by atoms with van der Waals surface area (Å²) >= 11 is 0. The average Bonchev–Trinajstić information content (AvgIpc) is 2.38. The second-order valence-corrected chi connectivity index (χ2v) is 3.92. The molecule has 0 aliphatic carbocycles. The molecule has 0 heterocycles. The number of nitrogens with one attached hydrogen (secondary N) is 1. The van der Waals surface area contributed by atoms with Gasteiger partial charge in [-0.3, -0.25) is 9.59 Å². The zero-order valence-corrected chi connectivity index (χ0v) is 10.9. The number of rotatable bonds is 7. The fourth-order valence-electron chi connectivity index (χ4n) is 1.63. The summed E-state index contributed by atoms with van der Waals surface area (Å²) < 4.78 is 9.73. The van der Waals surface area contributed by atoms with Crippen LogP contribution in [0.5, 0.6) is 5.75 Å². The molecule has 6 nitrogen and oxygen atoms in total. The quantitative estimate of drug-likeness (QED) is 0.769. The summed E-state index contributed by atoms with van der Waals surface area (Å²) in [6, 6.07) is 6.28. The Morgan fingerprint density at radius 1 is 1.26 bits per heavy atom. The molecule has 0 bridgehead atoms. The zero-order valence-electron chi connectivity index (χ0n) is 10.9. The van der Waals surface area contributed by atoms with Crippen molar-refractivity contribution in [1.29, 1.82) is 0 Å². The topological polar surface area (TPSA) is 84.9 Å². The van der Waals surface area contributed by atoms with E-state index < -0.39 is 12.0 Å². The summed E-state index contributed by atoms with van der Waals surface area (Å²) in [7, 11) is 2.95. The average molecular weight is 267 g/mol. The molecule has 0 saturated heterocycles. The molecule has 2 N–H and O–H groups in total. The van der Waals surface area contributed by atoms with Gasteiger partial charge in [-0.25, -0.2) is 0 Å². The highest BCUT2D eigenvalue weighted by atomic mass is 16.5. The largest absolute Gasteiger partial charge is 0.497 e. The molecule has 6 heteroatoms. The first kappa shape index (κ1) is 15.0. The number of carboxylic acid groups (broad SMARTS) is 1. The highest BCUT2D eigenvalue weighted by molar-refractivity contribution is 5.78. The van der Waals surface area contributed by atoms with Crippen molar-refractivity contribution in [2.24, 2.45) is 0 Å². The molecule has 0 radical (unpaired) electrons. The third kappa shape index (κ3) is 4.97. The number of carboxylic acids is 1. The molecule has 0 spiro atoms. The Balaban J connectivity index is 2.82. The van der Waals surface area contributed by atoms with Gasteiger partial charge in [0.2, 0.25) is 5.91 Å². The molecule has 1 aromatic rings. The van der Waals surface area contributed by atoms with E-state index in [0.717, 1.165) is 0 Å². The second-order valence-electron chi connectivity index (χ2n) is 3.92. The van der Waals surface area contributed by atoms with Crippen molar-refractivity contribution in [2.75, 3.05) is 20.8 Å². The van der Waals surface area contributed by atoms with Crippen LogP contribution in [0.15, 0.2) is 24.3 Å². The van der Waals surface area contributed by atoms with Crippen molar-refractivity contribution < 1.29 is 24.2 Å². The fourth-order valence-corrected chi connectivity index (χ4v) is 1.63. The van der Waals surface area contributed by atoms with Crippen molar-refractivity contribution in [1.82, 2.24) is 5.32 Å². The van der Waals surface area contributed by atoms with Crippen LogP contribution < -0.4 is 10.1 Å². The molecule has 1 unspecified atom stereocenters. The minimum Gasteiger partial charge on any atom is -0.497 e. The van der Waals surface area contributed by atoms with Crippen LogP contribution in [-0.2, 0) is 14.3 Å². The van der Waals surface area contributed by atoms with Gasteiger partial charge in [0.25, 0.3) is 0 Å². The Labute approximate surface area is 111 Å². The number of hydrogen-bond donors (Lipinski definition) is 2. The first-order valence-electron chi connectivity index (χ1n) is 5.71. The van der Waals surface area contributed by atoms with E-state index in [1.807, 2.05) is 0 Å². The maximum absolute atomic E-state index is 11.5. The van der Waals surface area contributed by atoms with Crippen molar-refractivity contribution in [3.63, 3.8) is 0 Å². The smallest absolute Gasteiger partial charge is 0.305 e. The van der Waals surface area contributed by atoms with E-state index in [1.54, 1.807) is 31.4 Å². The van der Waals surface area contributed by atoms with E-state index in [2.05, 4.69) is 5.32 Å². The van der Waals surface area contributed by atoms with Crippen molar-refractivity contribution in [3.8, 4) is 5.75 Å². The number of aliphatic carboxylic acids is 1. The molecule has 1 amide bonds. The maximum Gasteiger partial charge on any atom is 0.305 e. The van der Waals surface area contributed by atoms with Gasteiger partial charge in [-0.1, -0.05) is 12.1 Å². The van der Waals surface area contributed by atoms with Crippen LogP contribution in [0.25, 0.3) is 0 Å². The lowest BCUT2D eigenvalue weighted by Crippen LogP contribution is -2.32. The monoisotopic (exact) mass is 267 g/mol. The summed E-state index contributed by atoms with van der Waals surface area (Å²) in [5.74, 6) is -0.677. The number of benzene rings is 1. The van der Waals surface area contributed by atoms with Gasteiger partial charge < -0.3 is 19.9 Å². The Morgan fingerprint density at radius 3 is 2.37 bits per heavy atom. The Morgan fingerprint density at radius 2 is 1.89 bits per heavy atom. The minimum atomic E-state index is -0.987. The van der Waals surface area contributed by atoms with E-state index >= 15 is 0 Å². The number of hydrogen-bond acceptors (Lipinski definition) is 4. The van der Waals surface area contributed by atoms with Crippen molar-refractivity contribution in [3.05, 3.63) is 29.8 Å². The lowest BCUT2D eigenvalue weighted by Gasteiger charge is -2.17. The predicted octanol–water partition coefficient (Wildman–Crippen LogP) is 0.974. The molecule has 0 aliphatic heterocycles. The predicted molar refractivity (Wildman–Crippen MR) is 68.0 cm³/mol. The summed E-state index contributed by atoms with van der Waals surface area (Å²) in [6.45, 7) is -0.105. The van der Waals surface area contributed by atoms with Crippen LogP contribution in [0, 0.1) is 0 Å². The maximum atomic E-state index is 11.5. The molecule has 1 rings (SSSR count).